The lowest BCUT2D eigenvalue weighted by Gasteiger charge is -1.77. The molecule has 0 aromatic carbocycles. The van der Waals surface area contributed by atoms with Crippen LogP contribution in [-0.2, 0) is 0 Å². The van der Waals surface area contributed by atoms with Crippen molar-refractivity contribution in [2.45, 2.75) is 19.4 Å². The first-order valence-corrected chi connectivity index (χ1v) is 2.61. The zero-order valence-electron chi connectivity index (χ0n) is 4.44. The molecule has 0 aromatic rings. The van der Waals surface area contributed by atoms with Gasteiger partial charge in [-0.25, -0.2) is 0 Å². The highest BCUT2D eigenvalue weighted by Crippen LogP contribution is 2.25. The number of nitrogens with two attached hydrogens (primary N) is 1. The second kappa shape index (κ2) is 1.30. The van der Waals surface area contributed by atoms with Gasteiger partial charge in [0, 0.05) is 11.6 Å². The third-order valence-electron chi connectivity index (χ3n) is 1.52. The maximum absolute atomic E-state index is 7.05. The third-order valence-corrected chi connectivity index (χ3v) is 1.52. The topological polar surface area (TPSA) is 49.9 Å². The second-order valence-corrected chi connectivity index (χ2v) is 2.00. The predicted molar refractivity (Wildman–Crippen MR) is 29.5 cm³/mol. The van der Waals surface area contributed by atoms with E-state index in [0.29, 0.717) is 5.92 Å². The molecule has 7 heavy (non-hydrogen) atoms. The van der Waals surface area contributed by atoms with E-state index < -0.39 is 0 Å². The summed E-state index contributed by atoms with van der Waals surface area (Å²) >= 11 is 0. The molecule has 1 rings (SSSR count). The Hall–Kier alpha value is -0.370. The van der Waals surface area contributed by atoms with Crippen LogP contribution in [0.25, 0.3) is 0 Å². The van der Waals surface area contributed by atoms with E-state index in [1.54, 1.807) is 0 Å². The van der Waals surface area contributed by atoms with E-state index in [2.05, 4.69) is 6.92 Å². The highest BCUT2D eigenvalue weighted by molar-refractivity contribution is 6.05. The average Bonchev–Trinajstić information content (AvgIpc) is 2.17. The van der Waals surface area contributed by atoms with Gasteiger partial charge in [-0.3, -0.25) is 0 Å². The first-order chi connectivity index (χ1) is 3.27. The Morgan fingerprint density at radius 3 is 2.29 bits per heavy atom. The van der Waals surface area contributed by atoms with Crippen molar-refractivity contribution >= 4 is 5.71 Å². The molecule has 1 fully saturated rings. The largest absolute Gasteiger partial charge is 0.322 e. The standard InChI is InChI=1S/C5H10N2/c1-2-3-4(6)5(3)7/h3-4,7H,2,6H2,1H3. The Bertz CT molecular complexity index is 98.3. The number of hydrogen-bond acceptors (Lipinski definition) is 2. The van der Waals surface area contributed by atoms with E-state index in [-0.39, 0.29) is 6.04 Å². The van der Waals surface area contributed by atoms with Crippen molar-refractivity contribution in [3.8, 4) is 0 Å². The van der Waals surface area contributed by atoms with Gasteiger partial charge >= 0.3 is 0 Å². The van der Waals surface area contributed by atoms with Crippen LogP contribution in [0, 0.1) is 11.3 Å². The second-order valence-electron chi connectivity index (χ2n) is 2.00. The minimum atomic E-state index is 0.116. The van der Waals surface area contributed by atoms with Gasteiger partial charge in [0.2, 0.25) is 0 Å². The third kappa shape index (κ3) is 0.548. The molecule has 1 aliphatic carbocycles. The molecule has 0 heterocycles. The molecular weight excluding hydrogens is 88.1 g/mol. The van der Waals surface area contributed by atoms with Gasteiger partial charge < -0.3 is 11.1 Å². The van der Waals surface area contributed by atoms with Crippen LogP contribution in [0.2, 0.25) is 0 Å². The number of hydrogen-bond donors (Lipinski definition) is 2. The summed E-state index contributed by atoms with van der Waals surface area (Å²) in [6, 6.07) is 0.116. The molecule has 1 aliphatic rings. The molecule has 0 bridgehead atoms. The summed E-state index contributed by atoms with van der Waals surface area (Å²) in [5, 5.41) is 7.05. The van der Waals surface area contributed by atoms with Crippen LogP contribution in [0.3, 0.4) is 0 Å². The summed E-state index contributed by atoms with van der Waals surface area (Å²) in [4.78, 5) is 0. The van der Waals surface area contributed by atoms with Crippen molar-refractivity contribution < 1.29 is 0 Å². The van der Waals surface area contributed by atoms with Crippen LogP contribution in [0.15, 0.2) is 0 Å². The molecule has 0 amide bonds. The smallest absolute Gasteiger partial charge is 0.0508 e. The average molecular weight is 98.1 g/mol. The van der Waals surface area contributed by atoms with E-state index in [9.17, 15) is 0 Å². The van der Waals surface area contributed by atoms with Crippen molar-refractivity contribution in [2.75, 3.05) is 0 Å². The molecule has 3 N–H and O–H groups in total. The minimum absolute atomic E-state index is 0.116. The van der Waals surface area contributed by atoms with Crippen LogP contribution >= 0.6 is 0 Å². The highest BCUT2D eigenvalue weighted by Gasteiger charge is 2.39. The van der Waals surface area contributed by atoms with Crippen molar-refractivity contribution in [2.24, 2.45) is 11.7 Å². The maximum Gasteiger partial charge on any atom is 0.0508 e. The van der Waals surface area contributed by atoms with Crippen LogP contribution in [0.1, 0.15) is 13.3 Å². The van der Waals surface area contributed by atoms with Gasteiger partial charge in [-0.05, 0) is 6.42 Å². The lowest BCUT2D eigenvalue weighted by molar-refractivity contribution is 0.773. The molecule has 0 saturated heterocycles. The van der Waals surface area contributed by atoms with Gasteiger partial charge in [-0.1, -0.05) is 6.92 Å². The Kier molecular flexibility index (Phi) is 0.889. The fourth-order valence-electron chi connectivity index (χ4n) is 0.814. The number of nitrogens with one attached hydrogen (secondary N) is 1. The predicted octanol–water partition coefficient (Wildman–Crippen LogP) is 0.373. The molecule has 1 saturated carbocycles. The summed E-state index contributed by atoms with van der Waals surface area (Å²) in [5.41, 5.74) is 6.13. The van der Waals surface area contributed by atoms with Gasteiger partial charge in [0.25, 0.3) is 0 Å². The lowest BCUT2D eigenvalue weighted by Crippen LogP contribution is -2.02. The summed E-state index contributed by atoms with van der Waals surface area (Å²) < 4.78 is 0. The van der Waals surface area contributed by atoms with Crippen LogP contribution in [-0.4, -0.2) is 11.8 Å². The van der Waals surface area contributed by atoms with E-state index in [1.165, 1.54) is 0 Å². The van der Waals surface area contributed by atoms with Gasteiger partial charge in [-0.2, -0.15) is 0 Å². The maximum atomic E-state index is 7.05. The minimum Gasteiger partial charge on any atom is -0.322 e. The molecule has 2 atom stereocenters. The molecule has 2 unspecified atom stereocenters. The van der Waals surface area contributed by atoms with E-state index in [4.69, 9.17) is 11.1 Å². The van der Waals surface area contributed by atoms with E-state index in [1.807, 2.05) is 0 Å². The quantitative estimate of drug-likeness (QED) is 0.489. The SMILES string of the molecule is CCC1C(=N)C1N. The van der Waals surface area contributed by atoms with E-state index >= 15 is 0 Å². The zero-order chi connectivity index (χ0) is 5.44. The summed E-state index contributed by atoms with van der Waals surface area (Å²) in [7, 11) is 0. The molecule has 2 heteroatoms. The van der Waals surface area contributed by atoms with E-state index in [0.717, 1.165) is 12.1 Å². The lowest BCUT2D eigenvalue weighted by atomic mass is 10.3. The Labute approximate surface area is 43.2 Å². The summed E-state index contributed by atoms with van der Waals surface area (Å²) in [5.74, 6) is 0.431. The van der Waals surface area contributed by atoms with Crippen LogP contribution in [0.5, 0.6) is 0 Å². The van der Waals surface area contributed by atoms with Crippen LogP contribution < -0.4 is 5.73 Å². The Balaban J connectivity index is 2.38. The summed E-state index contributed by atoms with van der Waals surface area (Å²) in [6.45, 7) is 2.06. The summed E-state index contributed by atoms with van der Waals surface area (Å²) in [6.07, 6.45) is 1.04. The fraction of sp³-hybridized carbons (Fsp3) is 0.800. The number of rotatable bonds is 1. The zero-order valence-corrected chi connectivity index (χ0v) is 4.44. The monoisotopic (exact) mass is 98.1 g/mol. The van der Waals surface area contributed by atoms with Crippen molar-refractivity contribution in [1.82, 2.24) is 0 Å². The normalized spacial score (nSPS) is 38.9. The molecule has 0 aliphatic heterocycles. The van der Waals surface area contributed by atoms with Gasteiger partial charge in [0.15, 0.2) is 0 Å². The first-order valence-electron chi connectivity index (χ1n) is 2.61. The van der Waals surface area contributed by atoms with Crippen molar-refractivity contribution in [3.05, 3.63) is 0 Å². The van der Waals surface area contributed by atoms with Crippen molar-refractivity contribution in [3.63, 3.8) is 0 Å². The van der Waals surface area contributed by atoms with Crippen molar-refractivity contribution in [1.29, 1.82) is 5.41 Å². The Morgan fingerprint density at radius 1 is 1.86 bits per heavy atom. The van der Waals surface area contributed by atoms with Gasteiger partial charge in [-0.15, -0.1) is 0 Å². The van der Waals surface area contributed by atoms with Gasteiger partial charge in [0.05, 0.1) is 6.04 Å². The Morgan fingerprint density at radius 2 is 2.29 bits per heavy atom. The molecule has 2 nitrogen and oxygen atoms in total. The molecule has 0 radical (unpaired) electrons. The fourth-order valence-corrected chi connectivity index (χ4v) is 0.814. The molecule has 0 spiro atoms. The molecule has 40 valence electrons. The highest BCUT2D eigenvalue weighted by atomic mass is 14.8. The molecule has 0 aromatic heterocycles. The first kappa shape index (κ1) is 4.78. The molecular formula is C5H10N2. The van der Waals surface area contributed by atoms with Crippen LogP contribution in [0.4, 0.5) is 0 Å². The van der Waals surface area contributed by atoms with Gasteiger partial charge in [0.1, 0.15) is 0 Å².